The summed E-state index contributed by atoms with van der Waals surface area (Å²) in [5, 5.41) is 12.2. The Balaban J connectivity index is 2.51. The molecule has 2 N–H and O–H groups in total. The number of benzene rings is 1. The molecule has 0 spiro atoms. The molecular weight excluding hydrogens is 344 g/mol. The molecule has 1 aliphatic carbocycles. The van der Waals surface area contributed by atoms with Gasteiger partial charge in [-0.1, -0.05) is 0 Å². The van der Waals surface area contributed by atoms with Gasteiger partial charge in [-0.25, -0.2) is 13.6 Å². The molecule has 1 fully saturated rings. The Morgan fingerprint density at radius 3 is 2.50 bits per heavy atom. The zero-order valence-corrected chi connectivity index (χ0v) is 13.7. The second-order valence-electron chi connectivity index (χ2n) is 4.95. The predicted molar refractivity (Wildman–Crippen MR) is 82.7 cm³/mol. The summed E-state index contributed by atoms with van der Waals surface area (Å²) in [5.41, 5.74) is -1.38. The highest BCUT2D eigenvalue weighted by Gasteiger charge is 2.32. The van der Waals surface area contributed by atoms with E-state index in [1.165, 1.54) is 0 Å². The Morgan fingerprint density at radius 2 is 2.00 bits per heavy atom. The minimum Gasteiger partial charge on any atom is -0.491 e. The summed E-state index contributed by atoms with van der Waals surface area (Å²) in [7, 11) is 1.04. The topological polar surface area (TPSA) is 84.9 Å². The summed E-state index contributed by atoms with van der Waals surface area (Å²) in [6, 6.07) is 1.70. The van der Waals surface area contributed by atoms with Gasteiger partial charge in [-0.15, -0.1) is 0 Å². The van der Waals surface area contributed by atoms with Crippen LogP contribution in [0.15, 0.2) is 23.6 Å². The number of halogens is 2. The van der Waals surface area contributed by atoms with Crippen LogP contribution in [0.25, 0.3) is 0 Å². The normalized spacial score (nSPS) is 14.7. The first-order valence-corrected chi connectivity index (χ1v) is 8.07. The number of hydrogen-bond donors (Lipinski definition) is 2. The van der Waals surface area contributed by atoms with Crippen molar-refractivity contribution in [1.29, 1.82) is 0 Å². The molecule has 24 heavy (non-hydrogen) atoms. The lowest BCUT2D eigenvalue weighted by molar-refractivity contribution is -0.132. The third-order valence-corrected chi connectivity index (χ3v) is 3.58. The molecule has 0 saturated heterocycles. The number of carbonyl (C=O) groups is 2. The molecule has 0 radical (unpaired) electrons. The van der Waals surface area contributed by atoms with E-state index in [0.717, 1.165) is 44.1 Å². The largest absolute Gasteiger partial charge is 0.491 e. The summed E-state index contributed by atoms with van der Waals surface area (Å²) >= 11 is 0.838. The van der Waals surface area contributed by atoms with Gasteiger partial charge in [0.05, 0.1) is 24.7 Å². The van der Waals surface area contributed by atoms with Crippen molar-refractivity contribution in [2.24, 2.45) is 0 Å². The number of ether oxygens (including phenoxy) is 1. The number of nitrogens with one attached hydrogen (secondary N) is 1. The predicted octanol–water partition coefficient (Wildman–Crippen LogP) is 2.50. The minimum atomic E-state index is -1.58. The molecular formula is C15H15F2NO5S. The van der Waals surface area contributed by atoms with Crippen molar-refractivity contribution in [2.75, 3.05) is 13.4 Å². The van der Waals surface area contributed by atoms with Gasteiger partial charge in [0, 0.05) is 12.3 Å². The van der Waals surface area contributed by atoms with Crippen LogP contribution in [0.4, 0.5) is 8.78 Å². The molecule has 1 aromatic rings. The van der Waals surface area contributed by atoms with Gasteiger partial charge < -0.3 is 19.3 Å². The molecule has 0 amide bonds. The molecule has 0 heterocycles. The van der Waals surface area contributed by atoms with E-state index in [2.05, 4.69) is 10.1 Å². The van der Waals surface area contributed by atoms with Crippen LogP contribution in [0.2, 0.25) is 0 Å². The monoisotopic (exact) mass is 359 g/mol. The van der Waals surface area contributed by atoms with Crippen molar-refractivity contribution >= 4 is 23.8 Å². The summed E-state index contributed by atoms with van der Waals surface area (Å²) in [6.45, 7) is 0. The molecule has 9 heteroatoms. The zero-order chi connectivity index (χ0) is 17.9. The standard InChI is InChI=1S/C15H15F2NO5S/c1-22-13-9(16)6-5-8(11(13)17)12(19)10(15(20)21)14(23-24-2)18-7-3-4-7/h5-7,18H,3-4H2,1-2H3,(H,20,21). The Labute approximate surface area is 141 Å². The van der Waals surface area contributed by atoms with E-state index < -0.39 is 40.3 Å². The van der Waals surface area contributed by atoms with E-state index in [0.29, 0.717) is 0 Å². The van der Waals surface area contributed by atoms with Crippen LogP contribution in [0, 0.1) is 11.6 Å². The van der Waals surface area contributed by atoms with Crippen LogP contribution in [0.3, 0.4) is 0 Å². The number of hydrogen-bond acceptors (Lipinski definition) is 6. The maximum absolute atomic E-state index is 14.3. The van der Waals surface area contributed by atoms with Crippen molar-refractivity contribution in [1.82, 2.24) is 5.32 Å². The zero-order valence-electron chi connectivity index (χ0n) is 12.9. The molecule has 0 aliphatic heterocycles. The SMILES string of the molecule is COc1c(F)ccc(C(=O)C(C(=O)O)=C(NC2CC2)OSC)c1F. The fourth-order valence-electron chi connectivity index (χ4n) is 1.96. The third kappa shape index (κ3) is 3.78. The van der Waals surface area contributed by atoms with E-state index in [1.54, 1.807) is 6.26 Å². The highest BCUT2D eigenvalue weighted by molar-refractivity contribution is 7.94. The molecule has 1 aliphatic rings. The number of carbonyl (C=O) groups excluding carboxylic acids is 1. The number of rotatable bonds is 8. The fourth-order valence-corrected chi connectivity index (χ4v) is 2.26. The molecule has 0 atom stereocenters. The molecule has 0 unspecified atom stereocenters. The lowest BCUT2D eigenvalue weighted by atomic mass is 10.0. The highest BCUT2D eigenvalue weighted by atomic mass is 32.2. The lowest BCUT2D eigenvalue weighted by Crippen LogP contribution is -2.26. The van der Waals surface area contributed by atoms with Crippen LogP contribution >= 0.6 is 12.0 Å². The Bertz CT molecular complexity index is 703. The Kier molecular flexibility index (Phi) is 5.66. The van der Waals surface area contributed by atoms with E-state index in [1.807, 2.05) is 0 Å². The molecule has 0 aromatic heterocycles. The molecule has 2 rings (SSSR count). The van der Waals surface area contributed by atoms with E-state index in [9.17, 15) is 23.5 Å². The molecule has 6 nitrogen and oxygen atoms in total. The summed E-state index contributed by atoms with van der Waals surface area (Å²) in [6.07, 6.45) is 3.15. The second-order valence-corrected chi connectivity index (χ2v) is 5.45. The smallest absolute Gasteiger partial charge is 0.345 e. The van der Waals surface area contributed by atoms with E-state index in [-0.39, 0.29) is 11.9 Å². The third-order valence-electron chi connectivity index (χ3n) is 3.25. The van der Waals surface area contributed by atoms with Gasteiger partial charge in [0.1, 0.15) is 0 Å². The summed E-state index contributed by atoms with van der Waals surface area (Å²) in [4.78, 5) is 24.0. The number of Topliss-reactive ketones (excluding diaryl/α,β-unsaturated/α-hetero) is 1. The van der Waals surface area contributed by atoms with Crippen molar-refractivity contribution < 1.29 is 32.4 Å². The molecule has 1 aromatic carbocycles. The quantitative estimate of drug-likeness (QED) is 0.184. The van der Waals surface area contributed by atoms with Crippen molar-refractivity contribution in [2.45, 2.75) is 18.9 Å². The average molecular weight is 359 g/mol. The number of carboxylic acid groups (broad SMARTS) is 1. The number of carboxylic acids is 1. The van der Waals surface area contributed by atoms with E-state index >= 15 is 0 Å². The van der Waals surface area contributed by atoms with Gasteiger partial charge >= 0.3 is 5.97 Å². The maximum Gasteiger partial charge on any atom is 0.345 e. The van der Waals surface area contributed by atoms with Gasteiger partial charge in [0.25, 0.3) is 0 Å². The number of ketones is 1. The molecule has 0 bridgehead atoms. The van der Waals surface area contributed by atoms with Gasteiger partial charge in [0.15, 0.2) is 23.0 Å². The number of methoxy groups -OCH3 is 1. The van der Waals surface area contributed by atoms with Crippen LogP contribution < -0.4 is 10.1 Å². The van der Waals surface area contributed by atoms with Crippen LogP contribution in [-0.2, 0) is 8.98 Å². The summed E-state index contributed by atoms with van der Waals surface area (Å²) < 4.78 is 37.4. The Morgan fingerprint density at radius 1 is 1.33 bits per heavy atom. The minimum absolute atomic E-state index is 0.00176. The molecule has 1 saturated carbocycles. The fraction of sp³-hybridized carbons (Fsp3) is 0.333. The Hall–Kier alpha value is -2.29. The highest BCUT2D eigenvalue weighted by Crippen LogP contribution is 2.28. The van der Waals surface area contributed by atoms with Crippen molar-refractivity contribution in [3.63, 3.8) is 0 Å². The first-order chi connectivity index (χ1) is 11.4. The molecule has 130 valence electrons. The van der Waals surface area contributed by atoms with Gasteiger partial charge in [-0.2, -0.15) is 0 Å². The van der Waals surface area contributed by atoms with E-state index in [4.69, 9.17) is 4.18 Å². The summed E-state index contributed by atoms with van der Waals surface area (Å²) in [5.74, 6) is -6.01. The first kappa shape index (κ1) is 18.1. The first-order valence-electron chi connectivity index (χ1n) is 6.92. The van der Waals surface area contributed by atoms with Crippen molar-refractivity contribution in [3.8, 4) is 5.75 Å². The van der Waals surface area contributed by atoms with Gasteiger partial charge in [-0.3, -0.25) is 4.79 Å². The second kappa shape index (κ2) is 7.52. The lowest BCUT2D eigenvalue weighted by Gasteiger charge is -2.13. The van der Waals surface area contributed by atoms with Gasteiger partial charge in [-0.05, 0) is 25.0 Å². The van der Waals surface area contributed by atoms with Crippen LogP contribution in [0.1, 0.15) is 23.2 Å². The van der Waals surface area contributed by atoms with Crippen LogP contribution in [-0.4, -0.2) is 36.3 Å². The number of aliphatic carboxylic acids is 1. The van der Waals surface area contributed by atoms with Crippen molar-refractivity contribution in [3.05, 3.63) is 40.8 Å². The maximum atomic E-state index is 14.3. The average Bonchev–Trinajstić information content (AvgIpc) is 3.31. The van der Waals surface area contributed by atoms with Crippen LogP contribution in [0.5, 0.6) is 5.75 Å². The van der Waals surface area contributed by atoms with Gasteiger partial charge in [0.2, 0.25) is 11.7 Å².